The van der Waals surface area contributed by atoms with Gasteiger partial charge < -0.3 is 10.1 Å². The molecule has 3 rings (SSSR count). The minimum absolute atomic E-state index is 0.0226. The average Bonchev–Trinajstić information content (AvgIpc) is 3.16. The van der Waals surface area contributed by atoms with E-state index in [1.165, 1.54) is 6.20 Å². The molecule has 0 saturated carbocycles. The molecule has 0 aliphatic heterocycles. The molecule has 0 unspecified atom stereocenters. The molecule has 0 spiro atoms. The second-order valence-electron chi connectivity index (χ2n) is 8.24. The lowest BCUT2D eigenvalue weighted by atomic mass is 10.1. The molecule has 3 aromatic rings. The van der Waals surface area contributed by atoms with E-state index in [1.54, 1.807) is 31.6 Å². The largest absolute Gasteiger partial charge is 0.444 e. The van der Waals surface area contributed by atoms with Gasteiger partial charge in [-0.25, -0.2) is 9.48 Å². The smallest absolute Gasteiger partial charge is 0.416 e. The van der Waals surface area contributed by atoms with Gasteiger partial charge in [0.1, 0.15) is 5.60 Å². The second-order valence-corrected chi connectivity index (χ2v) is 8.24. The molecule has 1 aromatic heterocycles. The molecular weight excluding hydrogens is 437 g/mol. The minimum atomic E-state index is -4.62. The number of aromatic nitrogens is 2. The van der Waals surface area contributed by atoms with E-state index in [2.05, 4.69) is 15.7 Å². The molecule has 0 saturated heterocycles. The number of amides is 2. The van der Waals surface area contributed by atoms with Crippen LogP contribution < -0.4 is 10.6 Å². The van der Waals surface area contributed by atoms with E-state index in [9.17, 15) is 22.8 Å². The lowest BCUT2D eigenvalue weighted by Gasteiger charge is -2.21. The summed E-state index contributed by atoms with van der Waals surface area (Å²) in [5, 5.41) is 9.02. The van der Waals surface area contributed by atoms with Gasteiger partial charge in [0.15, 0.2) is 0 Å². The summed E-state index contributed by atoms with van der Waals surface area (Å²) < 4.78 is 46.3. The number of carbonyl (C=O) groups is 2. The average molecular weight is 460 g/mol. The quantitative estimate of drug-likeness (QED) is 0.533. The Morgan fingerprint density at radius 1 is 1.00 bits per heavy atom. The van der Waals surface area contributed by atoms with Crippen molar-refractivity contribution in [1.82, 2.24) is 9.78 Å². The van der Waals surface area contributed by atoms with Gasteiger partial charge in [-0.3, -0.25) is 10.1 Å². The Morgan fingerprint density at radius 3 is 2.33 bits per heavy atom. The first kappa shape index (κ1) is 23.8. The van der Waals surface area contributed by atoms with E-state index in [0.29, 0.717) is 5.56 Å². The Labute approximate surface area is 188 Å². The van der Waals surface area contributed by atoms with Crippen molar-refractivity contribution in [2.24, 2.45) is 0 Å². The second kappa shape index (κ2) is 9.35. The third-order valence-electron chi connectivity index (χ3n) is 4.28. The standard InChI is InChI=1S/C23H23F3N4O3/c1-22(2,3)33-21(32)29-18-10-9-16(23(24,25)26)12-19(18)28-20(31)11-15-13-27-30(14-15)17-7-5-4-6-8-17/h4-10,12-14H,11H2,1-3H3,(H,28,31)(H,29,32). The number of rotatable bonds is 5. The monoisotopic (exact) mass is 460 g/mol. The number of ether oxygens (including phenoxy) is 1. The molecule has 33 heavy (non-hydrogen) atoms. The molecule has 0 fully saturated rings. The fraction of sp³-hybridized carbons (Fsp3) is 0.261. The Kier molecular flexibility index (Phi) is 6.75. The SMILES string of the molecule is CC(C)(C)OC(=O)Nc1ccc(C(F)(F)F)cc1NC(=O)Cc1cnn(-c2ccccc2)c1. The van der Waals surface area contributed by atoms with Crippen molar-refractivity contribution >= 4 is 23.4 Å². The zero-order chi connectivity index (χ0) is 24.2. The van der Waals surface area contributed by atoms with Crippen LogP contribution in [0.2, 0.25) is 0 Å². The summed E-state index contributed by atoms with van der Waals surface area (Å²) in [6.07, 6.45) is -2.46. The normalized spacial score (nSPS) is 11.7. The third kappa shape index (κ3) is 6.83. The van der Waals surface area contributed by atoms with Gasteiger partial charge in [0, 0.05) is 6.20 Å². The lowest BCUT2D eigenvalue weighted by Crippen LogP contribution is -2.27. The van der Waals surface area contributed by atoms with Crippen LogP contribution in [-0.4, -0.2) is 27.4 Å². The van der Waals surface area contributed by atoms with Crippen LogP contribution in [0, 0.1) is 0 Å². The van der Waals surface area contributed by atoms with Crippen LogP contribution in [0.4, 0.5) is 29.3 Å². The summed E-state index contributed by atoms with van der Waals surface area (Å²) in [7, 11) is 0. The highest BCUT2D eigenvalue weighted by Gasteiger charge is 2.31. The number of halogens is 3. The number of para-hydroxylation sites is 1. The van der Waals surface area contributed by atoms with Crippen LogP contribution in [-0.2, 0) is 22.1 Å². The molecule has 0 atom stereocenters. The fourth-order valence-corrected chi connectivity index (χ4v) is 2.90. The van der Waals surface area contributed by atoms with Crippen LogP contribution in [0.1, 0.15) is 31.9 Å². The van der Waals surface area contributed by atoms with E-state index in [4.69, 9.17) is 4.74 Å². The summed E-state index contributed by atoms with van der Waals surface area (Å²) >= 11 is 0. The highest BCUT2D eigenvalue weighted by Crippen LogP contribution is 2.34. The molecule has 0 aliphatic carbocycles. The fourth-order valence-electron chi connectivity index (χ4n) is 2.90. The molecule has 2 amide bonds. The number of anilines is 2. The van der Waals surface area contributed by atoms with E-state index in [-0.39, 0.29) is 17.8 Å². The molecule has 10 heteroatoms. The summed E-state index contributed by atoms with van der Waals surface area (Å²) in [5.74, 6) is -0.575. The van der Waals surface area contributed by atoms with Gasteiger partial charge in [-0.2, -0.15) is 18.3 Å². The van der Waals surface area contributed by atoms with Gasteiger partial charge >= 0.3 is 12.3 Å². The van der Waals surface area contributed by atoms with Crippen molar-refractivity contribution in [1.29, 1.82) is 0 Å². The number of alkyl halides is 3. The topological polar surface area (TPSA) is 85.2 Å². The molecule has 0 bridgehead atoms. The van der Waals surface area contributed by atoms with Crippen molar-refractivity contribution < 1.29 is 27.5 Å². The van der Waals surface area contributed by atoms with Gasteiger partial charge in [-0.05, 0) is 56.7 Å². The van der Waals surface area contributed by atoms with Crippen LogP contribution in [0.3, 0.4) is 0 Å². The van der Waals surface area contributed by atoms with Gasteiger partial charge in [0.2, 0.25) is 5.91 Å². The van der Waals surface area contributed by atoms with Crippen molar-refractivity contribution in [2.45, 2.75) is 39.0 Å². The Bertz CT molecular complexity index is 1140. The maximum atomic E-state index is 13.2. The molecule has 1 heterocycles. The van der Waals surface area contributed by atoms with Crippen molar-refractivity contribution in [3.05, 3.63) is 72.1 Å². The number of carbonyl (C=O) groups excluding carboxylic acids is 2. The maximum absolute atomic E-state index is 13.2. The first-order valence-corrected chi connectivity index (χ1v) is 10.0. The third-order valence-corrected chi connectivity index (χ3v) is 4.28. The van der Waals surface area contributed by atoms with E-state index in [0.717, 1.165) is 23.9 Å². The predicted molar refractivity (Wildman–Crippen MR) is 117 cm³/mol. The van der Waals surface area contributed by atoms with Crippen molar-refractivity contribution in [3.8, 4) is 5.69 Å². The van der Waals surface area contributed by atoms with E-state index < -0.39 is 29.3 Å². The molecule has 7 nitrogen and oxygen atoms in total. The number of benzene rings is 2. The van der Waals surface area contributed by atoms with Crippen molar-refractivity contribution in [3.63, 3.8) is 0 Å². The van der Waals surface area contributed by atoms with Gasteiger partial charge in [-0.15, -0.1) is 0 Å². The van der Waals surface area contributed by atoms with E-state index in [1.807, 2.05) is 30.3 Å². The number of hydrogen-bond acceptors (Lipinski definition) is 4. The minimum Gasteiger partial charge on any atom is -0.444 e. The molecule has 2 aromatic carbocycles. The van der Waals surface area contributed by atoms with Crippen LogP contribution >= 0.6 is 0 Å². The summed E-state index contributed by atoms with van der Waals surface area (Å²) in [6.45, 7) is 4.95. The van der Waals surface area contributed by atoms with Crippen molar-refractivity contribution in [2.75, 3.05) is 10.6 Å². The summed E-state index contributed by atoms with van der Waals surface area (Å²) in [5.41, 5.74) is -0.639. The van der Waals surface area contributed by atoms with Gasteiger partial charge in [0.25, 0.3) is 0 Å². The first-order chi connectivity index (χ1) is 15.4. The Hall–Kier alpha value is -3.82. The Balaban J connectivity index is 1.78. The molecule has 2 N–H and O–H groups in total. The first-order valence-electron chi connectivity index (χ1n) is 10.0. The summed E-state index contributed by atoms with van der Waals surface area (Å²) in [6, 6.07) is 11.9. The zero-order valence-electron chi connectivity index (χ0n) is 18.2. The van der Waals surface area contributed by atoms with Crippen LogP contribution in [0.15, 0.2) is 60.9 Å². The van der Waals surface area contributed by atoms with Crippen LogP contribution in [0.5, 0.6) is 0 Å². The van der Waals surface area contributed by atoms with Gasteiger partial charge in [0.05, 0.1) is 35.2 Å². The number of hydrogen-bond donors (Lipinski definition) is 2. The highest BCUT2D eigenvalue weighted by atomic mass is 19.4. The summed E-state index contributed by atoms with van der Waals surface area (Å²) in [4.78, 5) is 24.7. The zero-order valence-corrected chi connectivity index (χ0v) is 18.2. The lowest BCUT2D eigenvalue weighted by molar-refractivity contribution is -0.137. The molecule has 174 valence electrons. The number of nitrogens with zero attached hydrogens (tertiary/aromatic N) is 2. The van der Waals surface area contributed by atoms with Gasteiger partial charge in [-0.1, -0.05) is 18.2 Å². The Morgan fingerprint density at radius 2 is 1.70 bits per heavy atom. The van der Waals surface area contributed by atoms with E-state index >= 15 is 0 Å². The molecule has 0 aliphatic rings. The molecule has 0 radical (unpaired) electrons. The number of nitrogens with one attached hydrogen (secondary N) is 2. The molecular formula is C23H23F3N4O3. The highest BCUT2D eigenvalue weighted by molar-refractivity contribution is 5.98. The predicted octanol–water partition coefficient (Wildman–Crippen LogP) is 5.42. The van der Waals surface area contributed by atoms with Crippen LogP contribution in [0.25, 0.3) is 5.69 Å². The maximum Gasteiger partial charge on any atom is 0.416 e.